The Kier molecular flexibility index (Phi) is 4.42. The maximum absolute atomic E-state index is 13.6. The number of nitrogens with zero attached hydrogens (tertiary/aromatic N) is 1. The summed E-state index contributed by atoms with van der Waals surface area (Å²) >= 11 is 0. The third kappa shape index (κ3) is 3.51. The minimum absolute atomic E-state index is 0.133. The Hall–Kier alpha value is -2.56. The van der Waals surface area contributed by atoms with Crippen LogP contribution in [0.4, 0.5) is 15.8 Å². The number of carbonyl (C=O) groups excluding carboxylic acids is 1. The summed E-state index contributed by atoms with van der Waals surface area (Å²) in [6.45, 7) is 0.282. The van der Waals surface area contributed by atoms with Crippen LogP contribution in [0.2, 0.25) is 0 Å². The molecule has 0 aliphatic rings. The molecule has 0 heterocycles. The minimum atomic E-state index is -0.283. The van der Waals surface area contributed by atoms with Gasteiger partial charge in [0.2, 0.25) is 0 Å². The molecule has 0 aromatic heterocycles. The van der Waals surface area contributed by atoms with Crippen LogP contribution in [0.3, 0.4) is 0 Å². The quantitative estimate of drug-likeness (QED) is 0.850. The molecular formula is C16H18FN3O. The zero-order valence-electron chi connectivity index (χ0n) is 12.1. The second-order valence-corrected chi connectivity index (χ2v) is 4.95. The average molecular weight is 287 g/mol. The molecule has 1 amide bonds. The fraction of sp³-hybridized carbons (Fsp3) is 0.188. The van der Waals surface area contributed by atoms with Gasteiger partial charge < -0.3 is 16.0 Å². The summed E-state index contributed by atoms with van der Waals surface area (Å²) in [5.74, 6) is -0.416. The molecule has 110 valence electrons. The number of hydrogen-bond acceptors (Lipinski definition) is 3. The molecule has 0 spiro atoms. The van der Waals surface area contributed by atoms with E-state index in [-0.39, 0.29) is 18.3 Å². The number of rotatable bonds is 4. The standard InChI is InChI=1S/C16H18FN3O/c1-20(2)16(21)13-8-7-12(18)9-15(13)19-10-11-5-3-4-6-14(11)17/h3-9,19H,10,18H2,1-2H3. The zero-order chi connectivity index (χ0) is 15.4. The molecule has 2 aromatic carbocycles. The number of nitrogen functional groups attached to an aromatic ring is 1. The molecule has 0 unspecified atom stereocenters. The van der Waals surface area contributed by atoms with Crippen molar-refractivity contribution in [3.8, 4) is 0 Å². The van der Waals surface area contributed by atoms with Crippen molar-refractivity contribution in [2.45, 2.75) is 6.54 Å². The predicted octanol–water partition coefficient (Wildman–Crippen LogP) is 2.72. The number of nitrogens with two attached hydrogens (primary N) is 1. The molecule has 0 fully saturated rings. The highest BCUT2D eigenvalue weighted by molar-refractivity contribution is 5.99. The van der Waals surface area contributed by atoms with E-state index in [1.165, 1.54) is 11.0 Å². The molecule has 0 aliphatic carbocycles. The van der Waals surface area contributed by atoms with Gasteiger partial charge in [-0.1, -0.05) is 18.2 Å². The summed E-state index contributed by atoms with van der Waals surface area (Å²) in [6.07, 6.45) is 0. The molecule has 4 nitrogen and oxygen atoms in total. The molecular weight excluding hydrogens is 269 g/mol. The third-order valence-electron chi connectivity index (χ3n) is 3.11. The Balaban J connectivity index is 2.25. The normalized spacial score (nSPS) is 10.2. The summed E-state index contributed by atoms with van der Waals surface area (Å²) in [5, 5.41) is 3.08. The summed E-state index contributed by atoms with van der Waals surface area (Å²) in [4.78, 5) is 13.6. The van der Waals surface area contributed by atoms with Crippen molar-refractivity contribution in [3.63, 3.8) is 0 Å². The first-order chi connectivity index (χ1) is 9.99. The maximum Gasteiger partial charge on any atom is 0.255 e. The van der Waals surface area contributed by atoms with Crippen molar-refractivity contribution in [2.24, 2.45) is 0 Å². The Labute approximate surface area is 123 Å². The number of hydrogen-bond donors (Lipinski definition) is 2. The zero-order valence-corrected chi connectivity index (χ0v) is 12.1. The van der Waals surface area contributed by atoms with Crippen molar-refractivity contribution in [3.05, 3.63) is 59.4 Å². The van der Waals surface area contributed by atoms with E-state index in [2.05, 4.69) is 5.32 Å². The van der Waals surface area contributed by atoms with Crippen molar-refractivity contribution in [1.82, 2.24) is 4.90 Å². The molecule has 3 N–H and O–H groups in total. The van der Waals surface area contributed by atoms with Crippen LogP contribution < -0.4 is 11.1 Å². The van der Waals surface area contributed by atoms with Crippen LogP contribution in [0, 0.1) is 5.82 Å². The Bertz CT molecular complexity index is 656. The van der Waals surface area contributed by atoms with Gasteiger partial charge in [0.25, 0.3) is 5.91 Å². The van der Waals surface area contributed by atoms with Crippen molar-refractivity contribution >= 4 is 17.3 Å². The highest BCUT2D eigenvalue weighted by Gasteiger charge is 2.13. The lowest BCUT2D eigenvalue weighted by Crippen LogP contribution is -2.23. The SMILES string of the molecule is CN(C)C(=O)c1ccc(N)cc1NCc1ccccc1F. The fourth-order valence-corrected chi connectivity index (χ4v) is 1.97. The summed E-state index contributed by atoms with van der Waals surface area (Å²) in [7, 11) is 3.36. The van der Waals surface area contributed by atoms with Crippen LogP contribution in [0.15, 0.2) is 42.5 Å². The van der Waals surface area contributed by atoms with Gasteiger partial charge in [-0.3, -0.25) is 4.79 Å². The molecule has 0 radical (unpaired) electrons. The van der Waals surface area contributed by atoms with Crippen molar-refractivity contribution < 1.29 is 9.18 Å². The molecule has 0 saturated carbocycles. The second-order valence-electron chi connectivity index (χ2n) is 4.95. The number of carbonyl (C=O) groups is 1. The number of benzene rings is 2. The number of nitrogens with one attached hydrogen (secondary N) is 1. The monoisotopic (exact) mass is 287 g/mol. The number of halogens is 1. The Morgan fingerprint density at radius 1 is 1.24 bits per heavy atom. The van der Waals surface area contributed by atoms with E-state index in [0.717, 1.165) is 0 Å². The van der Waals surface area contributed by atoms with Crippen LogP contribution in [0.1, 0.15) is 15.9 Å². The van der Waals surface area contributed by atoms with Crippen LogP contribution in [-0.2, 0) is 6.54 Å². The largest absolute Gasteiger partial charge is 0.399 e. The van der Waals surface area contributed by atoms with Crippen molar-refractivity contribution in [2.75, 3.05) is 25.1 Å². The third-order valence-corrected chi connectivity index (χ3v) is 3.11. The topological polar surface area (TPSA) is 58.4 Å². The molecule has 0 saturated heterocycles. The lowest BCUT2D eigenvalue weighted by atomic mass is 10.1. The summed E-state index contributed by atoms with van der Waals surface area (Å²) < 4.78 is 13.6. The van der Waals surface area contributed by atoms with Crippen LogP contribution in [-0.4, -0.2) is 24.9 Å². The Morgan fingerprint density at radius 3 is 2.62 bits per heavy atom. The first kappa shape index (κ1) is 14.8. The lowest BCUT2D eigenvalue weighted by Gasteiger charge is -2.16. The van der Waals surface area contributed by atoms with Gasteiger partial charge in [0.15, 0.2) is 0 Å². The Morgan fingerprint density at radius 2 is 1.95 bits per heavy atom. The predicted molar refractivity (Wildman–Crippen MR) is 82.6 cm³/mol. The van der Waals surface area contributed by atoms with Gasteiger partial charge >= 0.3 is 0 Å². The van der Waals surface area contributed by atoms with Gasteiger partial charge in [0.05, 0.1) is 5.56 Å². The average Bonchev–Trinajstić information content (AvgIpc) is 2.46. The molecule has 0 aliphatic heterocycles. The van der Waals surface area contributed by atoms with Gasteiger partial charge in [0.1, 0.15) is 5.82 Å². The highest BCUT2D eigenvalue weighted by Crippen LogP contribution is 2.21. The number of anilines is 2. The highest BCUT2D eigenvalue weighted by atomic mass is 19.1. The lowest BCUT2D eigenvalue weighted by molar-refractivity contribution is 0.0828. The second kappa shape index (κ2) is 6.26. The summed E-state index contributed by atoms with van der Waals surface area (Å²) in [6, 6.07) is 11.5. The van der Waals surface area contributed by atoms with E-state index in [9.17, 15) is 9.18 Å². The first-order valence-electron chi connectivity index (χ1n) is 6.57. The molecule has 0 atom stereocenters. The van der Waals surface area contributed by atoms with E-state index >= 15 is 0 Å². The smallest absolute Gasteiger partial charge is 0.255 e. The van der Waals surface area contributed by atoms with Gasteiger partial charge in [-0.15, -0.1) is 0 Å². The van der Waals surface area contributed by atoms with E-state index in [1.54, 1.807) is 50.5 Å². The minimum Gasteiger partial charge on any atom is -0.399 e. The summed E-state index contributed by atoms with van der Waals surface area (Å²) in [5.41, 5.74) is 7.94. The first-order valence-corrected chi connectivity index (χ1v) is 6.57. The molecule has 21 heavy (non-hydrogen) atoms. The van der Waals surface area contributed by atoms with Crippen molar-refractivity contribution in [1.29, 1.82) is 0 Å². The van der Waals surface area contributed by atoms with Gasteiger partial charge in [-0.25, -0.2) is 4.39 Å². The molecule has 2 rings (SSSR count). The van der Waals surface area contributed by atoms with E-state index in [1.807, 2.05) is 0 Å². The maximum atomic E-state index is 13.6. The fourth-order valence-electron chi connectivity index (χ4n) is 1.97. The van der Waals surface area contributed by atoms with E-state index in [0.29, 0.717) is 22.5 Å². The molecule has 2 aromatic rings. The van der Waals surface area contributed by atoms with Crippen LogP contribution in [0.5, 0.6) is 0 Å². The molecule has 5 heteroatoms. The van der Waals surface area contributed by atoms with Gasteiger partial charge in [-0.05, 0) is 24.3 Å². The van der Waals surface area contributed by atoms with E-state index in [4.69, 9.17) is 5.73 Å². The van der Waals surface area contributed by atoms with Crippen LogP contribution >= 0.6 is 0 Å². The van der Waals surface area contributed by atoms with E-state index < -0.39 is 0 Å². The number of amides is 1. The van der Waals surface area contributed by atoms with Gasteiger partial charge in [0, 0.05) is 37.6 Å². The van der Waals surface area contributed by atoms with Gasteiger partial charge in [-0.2, -0.15) is 0 Å². The molecule has 0 bridgehead atoms. The van der Waals surface area contributed by atoms with Crippen LogP contribution in [0.25, 0.3) is 0 Å².